The number of hydrogen-bond acceptors (Lipinski definition) is 3. The molecule has 0 fully saturated rings. The lowest BCUT2D eigenvalue weighted by atomic mass is 10.0. The predicted molar refractivity (Wildman–Crippen MR) is 87.3 cm³/mol. The van der Waals surface area contributed by atoms with Gasteiger partial charge in [0, 0.05) is 12.6 Å². The summed E-state index contributed by atoms with van der Waals surface area (Å²) < 4.78 is 2.25. The van der Waals surface area contributed by atoms with Gasteiger partial charge in [-0.25, -0.2) is 4.98 Å². The minimum Gasteiger partial charge on any atom is -0.395 e. The molecule has 21 heavy (non-hydrogen) atoms. The van der Waals surface area contributed by atoms with E-state index in [9.17, 15) is 5.11 Å². The molecule has 0 saturated heterocycles. The number of aryl methyl sites for hydroxylation is 1. The van der Waals surface area contributed by atoms with E-state index >= 15 is 0 Å². The Labute approximate surface area is 127 Å². The van der Waals surface area contributed by atoms with Crippen LogP contribution in [0.2, 0.25) is 0 Å². The van der Waals surface area contributed by atoms with Crippen LogP contribution in [0.1, 0.15) is 46.0 Å². The average Bonchev–Trinajstić information content (AvgIpc) is 2.84. The second-order valence-corrected chi connectivity index (χ2v) is 6.10. The molecule has 1 heterocycles. The number of nitrogens with one attached hydrogen (secondary N) is 1. The van der Waals surface area contributed by atoms with Gasteiger partial charge in [0.1, 0.15) is 5.82 Å². The summed E-state index contributed by atoms with van der Waals surface area (Å²) in [4.78, 5) is 4.77. The predicted octanol–water partition coefficient (Wildman–Crippen LogP) is 3.11. The number of aromatic nitrogens is 2. The maximum atomic E-state index is 9.55. The number of imidazole rings is 1. The molecule has 1 aromatic heterocycles. The zero-order chi connectivity index (χ0) is 15.4. The molecule has 1 aromatic carbocycles. The van der Waals surface area contributed by atoms with Crippen LogP contribution in [0.15, 0.2) is 24.3 Å². The van der Waals surface area contributed by atoms with Crippen molar-refractivity contribution in [1.29, 1.82) is 0 Å². The van der Waals surface area contributed by atoms with E-state index < -0.39 is 0 Å². The highest BCUT2D eigenvalue weighted by atomic mass is 16.3. The summed E-state index contributed by atoms with van der Waals surface area (Å²) in [5, 5.41) is 13.1. The molecule has 0 aliphatic carbocycles. The maximum absolute atomic E-state index is 9.55. The summed E-state index contributed by atoms with van der Waals surface area (Å²) in [5.74, 6) is 1.60. The van der Waals surface area contributed by atoms with Crippen LogP contribution in [0.25, 0.3) is 11.0 Å². The third-order valence-corrected chi connectivity index (χ3v) is 3.85. The van der Waals surface area contributed by atoms with E-state index in [-0.39, 0.29) is 18.7 Å². The molecule has 2 N–H and O–H groups in total. The first-order valence-electron chi connectivity index (χ1n) is 7.88. The first-order valence-corrected chi connectivity index (χ1v) is 7.88. The Morgan fingerprint density at radius 3 is 2.57 bits per heavy atom. The lowest BCUT2D eigenvalue weighted by Gasteiger charge is -2.23. The zero-order valence-corrected chi connectivity index (χ0v) is 13.5. The highest BCUT2D eigenvalue weighted by Crippen LogP contribution is 2.21. The molecule has 0 aliphatic heterocycles. The van der Waals surface area contributed by atoms with Crippen LogP contribution >= 0.6 is 0 Å². The van der Waals surface area contributed by atoms with E-state index in [1.54, 1.807) is 0 Å². The van der Waals surface area contributed by atoms with Crippen LogP contribution in [-0.2, 0) is 6.54 Å². The summed E-state index contributed by atoms with van der Waals surface area (Å²) in [6.07, 6.45) is 0.965. The van der Waals surface area contributed by atoms with Crippen molar-refractivity contribution in [3.05, 3.63) is 30.1 Å². The smallest absolute Gasteiger partial charge is 0.126 e. The minimum absolute atomic E-state index is 0.116. The van der Waals surface area contributed by atoms with E-state index in [2.05, 4.69) is 49.7 Å². The van der Waals surface area contributed by atoms with Gasteiger partial charge in [0.25, 0.3) is 0 Å². The molecule has 2 unspecified atom stereocenters. The van der Waals surface area contributed by atoms with Crippen molar-refractivity contribution in [2.45, 2.75) is 52.7 Å². The number of para-hydroxylation sites is 2. The Balaban J connectivity index is 2.24. The van der Waals surface area contributed by atoms with Crippen LogP contribution in [-0.4, -0.2) is 27.3 Å². The fourth-order valence-electron chi connectivity index (χ4n) is 2.95. The Hall–Kier alpha value is -1.39. The molecule has 0 saturated carbocycles. The quantitative estimate of drug-likeness (QED) is 0.823. The van der Waals surface area contributed by atoms with Gasteiger partial charge in [0.2, 0.25) is 0 Å². The van der Waals surface area contributed by atoms with E-state index in [1.807, 2.05) is 12.1 Å². The Kier molecular flexibility index (Phi) is 5.37. The summed E-state index contributed by atoms with van der Waals surface area (Å²) >= 11 is 0. The Morgan fingerprint density at radius 1 is 1.24 bits per heavy atom. The summed E-state index contributed by atoms with van der Waals surface area (Å²) in [6, 6.07) is 8.47. The van der Waals surface area contributed by atoms with Crippen LogP contribution in [0.3, 0.4) is 0 Å². The number of benzene rings is 1. The highest BCUT2D eigenvalue weighted by Gasteiger charge is 2.19. The van der Waals surface area contributed by atoms with Gasteiger partial charge in [-0.05, 0) is 38.3 Å². The van der Waals surface area contributed by atoms with Crippen molar-refractivity contribution in [2.75, 3.05) is 6.61 Å². The molecular weight excluding hydrogens is 262 g/mol. The fourth-order valence-corrected chi connectivity index (χ4v) is 2.95. The molecular formula is C17H27N3O. The number of hydrogen-bond donors (Lipinski definition) is 2. The second kappa shape index (κ2) is 7.05. The third-order valence-electron chi connectivity index (χ3n) is 3.85. The van der Waals surface area contributed by atoms with E-state index in [0.717, 1.165) is 24.3 Å². The van der Waals surface area contributed by atoms with Crippen LogP contribution in [0, 0.1) is 5.92 Å². The summed E-state index contributed by atoms with van der Waals surface area (Å²) in [7, 11) is 0. The molecule has 0 bridgehead atoms. The van der Waals surface area contributed by atoms with Crippen molar-refractivity contribution in [3.8, 4) is 0 Å². The van der Waals surface area contributed by atoms with Crippen molar-refractivity contribution in [1.82, 2.24) is 14.9 Å². The lowest BCUT2D eigenvalue weighted by Crippen LogP contribution is -2.36. The molecule has 2 rings (SSSR count). The number of nitrogens with zero attached hydrogens (tertiary/aromatic N) is 2. The number of aliphatic hydroxyl groups is 1. The molecule has 0 radical (unpaired) electrons. The van der Waals surface area contributed by atoms with Crippen LogP contribution < -0.4 is 5.32 Å². The first-order chi connectivity index (χ1) is 10.1. The molecule has 116 valence electrons. The fraction of sp³-hybridized carbons (Fsp3) is 0.588. The van der Waals surface area contributed by atoms with Crippen molar-refractivity contribution in [2.24, 2.45) is 5.92 Å². The van der Waals surface area contributed by atoms with Gasteiger partial charge in [-0.1, -0.05) is 26.0 Å². The number of fused-ring (bicyclic) bond motifs is 1. The van der Waals surface area contributed by atoms with E-state index in [4.69, 9.17) is 4.98 Å². The normalized spacial score (nSPS) is 14.8. The van der Waals surface area contributed by atoms with Gasteiger partial charge < -0.3 is 15.0 Å². The zero-order valence-electron chi connectivity index (χ0n) is 13.5. The van der Waals surface area contributed by atoms with Crippen molar-refractivity contribution in [3.63, 3.8) is 0 Å². The molecule has 0 spiro atoms. The average molecular weight is 289 g/mol. The van der Waals surface area contributed by atoms with Gasteiger partial charge in [-0.3, -0.25) is 0 Å². The summed E-state index contributed by atoms with van der Waals surface area (Å²) in [6.45, 7) is 9.68. The Bertz CT molecular complexity index is 576. The van der Waals surface area contributed by atoms with E-state index in [1.165, 1.54) is 5.52 Å². The van der Waals surface area contributed by atoms with Gasteiger partial charge in [0.05, 0.1) is 23.7 Å². The topological polar surface area (TPSA) is 50.1 Å². The molecule has 0 aliphatic rings. The molecule has 2 aromatic rings. The van der Waals surface area contributed by atoms with Gasteiger partial charge in [0.15, 0.2) is 0 Å². The Morgan fingerprint density at radius 2 is 1.95 bits per heavy atom. The second-order valence-electron chi connectivity index (χ2n) is 6.10. The van der Waals surface area contributed by atoms with Gasteiger partial charge >= 0.3 is 0 Å². The number of aliphatic hydroxyl groups excluding tert-OH is 1. The lowest BCUT2D eigenvalue weighted by molar-refractivity contribution is 0.213. The maximum Gasteiger partial charge on any atom is 0.126 e. The molecule has 4 nitrogen and oxygen atoms in total. The first kappa shape index (κ1) is 16.0. The van der Waals surface area contributed by atoms with Crippen LogP contribution in [0.4, 0.5) is 0 Å². The summed E-state index contributed by atoms with van der Waals surface area (Å²) in [5.41, 5.74) is 2.21. The van der Waals surface area contributed by atoms with Crippen molar-refractivity contribution < 1.29 is 5.11 Å². The molecule has 2 atom stereocenters. The van der Waals surface area contributed by atoms with Crippen molar-refractivity contribution >= 4 is 11.0 Å². The minimum atomic E-state index is 0.116. The van der Waals surface area contributed by atoms with Gasteiger partial charge in [-0.2, -0.15) is 0 Å². The largest absolute Gasteiger partial charge is 0.395 e. The third kappa shape index (κ3) is 3.63. The SMILES string of the molecule is CCn1c(C(C)NC(CO)CC(C)C)nc2ccccc21. The molecule has 0 amide bonds. The van der Waals surface area contributed by atoms with E-state index in [0.29, 0.717) is 5.92 Å². The van der Waals surface area contributed by atoms with Gasteiger partial charge in [-0.15, -0.1) is 0 Å². The van der Waals surface area contributed by atoms with Crippen LogP contribution in [0.5, 0.6) is 0 Å². The standard InChI is InChI=1S/C17H27N3O/c1-5-20-16-9-7-6-8-15(16)19-17(20)13(4)18-14(11-21)10-12(2)3/h6-9,12-14,18,21H,5,10-11H2,1-4H3. The monoisotopic (exact) mass is 289 g/mol. The highest BCUT2D eigenvalue weighted by molar-refractivity contribution is 5.76. The molecule has 4 heteroatoms. The number of rotatable bonds is 7.